The van der Waals surface area contributed by atoms with Gasteiger partial charge >= 0.3 is 24.4 Å². The van der Waals surface area contributed by atoms with Crippen molar-refractivity contribution in [3.63, 3.8) is 0 Å². The molecule has 6 aromatic carbocycles. The number of ether oxygens (including phenoxy) is 4. The summed E-state index contributed by atoms with van der Waals surface area (Å²) in [6.45, 7) is 16.1. The van der Waals surface area contributed by atoms with E-state index >= 15 is 9.59 Å². The second kappa shape index (κ2) is 31.3. The van der Waals surface area contributed by atoms with Gasteiger partial charge in [-0.15, -0.1) is 0 Å². The van der Waals surface area contributed by atoms with Crippen molar-refractivity contribution in [2.45, 2.75) is 152 Å². The van der Waals surface area contributed by atoms with Crippen LogP contribution in [0, 0.1) is 5.92 Å². The maximum atomic E-state index is 15.2. The number of alkyl carbamates (subject to hydrolysis) is 4. The molecule has 6 N–H and O–H groups in total. The predicted molar refractivity (Wildman–Crippen MR) is 359 cm³/mol. The Labute approximate surface area is 548 Å². The molecular formula is C75H94N8O10. The Morgan fingerprint density at radius 3 is 1.62 bits per heavy atom. The zero-order valence-corrected chi connectivity index (χ0v) is 55.1. The van der Waals surface area contributed by atoms with Crippen LogP contribution in [0.3, 0.4) is 0 Å². The summed E-state index contributed by atoms with van der Waals surface area (Å²) in [4.78, 5) is 86.8. The lowest BCUT2D eigenvalue weighted by atomic mass is 9.88. The summed E-state index contributed by atoms with van der Waals surface area (Å²) < 4.78 is 22.8. The van der Waals surface area contributed by atoms with E-state index in [1.165, 1.54) is 0 Å². The Kier molecular flexibility index (Phi) is 23.1. The van der Waals surface area contributed by atoms with Crippen LogP contribution in [0.5, 0.6) is 0 Å². The monoisotopic (exact) mass is 1270 g/mol. The molecule has 1 saturated carbocycles. The van der Waals surface area contributed by atoms with Crippen LogP contribution >= 0.6 is 0 Å². The minimum Gasteiger partial charge on any atom is -0.445 e. The molecule has 0 bridgehead atoms. The first-order valence-electron chi connectivity index (χ1n) is 32.8. The zero-order chi connectivity index (χ0) is 66.1. The molecule has 1 spiro atoms. The highest BCUT2D eigenvalue weighted by Crippen LogP contribution is 2.49. The third-order valence-corrected chi connectivity index (χ3v) is 17.8. The molecule has 3 aliphatic rings. The van der Waals surface area contributed by atoms with Gasteiger partial charge in [0.15, 0.2) is 0 Å². The fourth-order valence-corrected chi connectivity index (χ4v) is 13.1. The molecule has 494 valence electrons. The van der Waals surface area contributed by atoms with Crippen molar-refractivity contribution in [3.8, 4) is 0 Å². The van der Waals surface area contributed by atoms with Crippen molar-refractivity contribution in [1.29, 1.82) is 0 Å². The molecule has 2 heterocycles. The van der Waals surface area contributed by atoms with Crippen LogP contribution in [0.2, 0.25) is 0 Å². The van der Waals surface area contributed by atoms with Gasteiger partial charge in [-0.05, 0) is 132 Å². The second-order valence-electron chi connectivity index (χ2n) is 27.3. The van der Waals surface area contributed by atoms with Crippen LogP contribution in [0.4, 0.5) is 19.2 Å². The minimum absolute atomic E-state index is 0.0241. The fourth-order valence-electron chi connectivity index (χ4n) is 13.1. The van der Waals surface area contributed by atoms with E-state index in [1.807, 2.05) is 186 Å². The van der Waals surface area contributed by atoms with Gasteiger partial charge < -0.3 is 50.0 Å². The number of hydrogen-bond donors (Lipinski definition) is 6. The first kappa shape index (κ1) is 68.6. The van der Waals surface area contributed by atoms with E-state index in [0.29, 0.717) is 77.7 Å². The van der Waals surface area contributed by atoms with E-state index in [0.717, 1.165) is 38.9 Å². The molecule has 5 unspecified atom stereocenters. The van der Waals surface area contributed by atoms with Gasteiger partial charge in [-0.1, -0.05) is 176 Å². The Morgan fingerprint density at radius 2 is 1.06 bits per heavy atom. The summed E-state index contributed by atoms with van der Waals surface area (Å²) >= 11 is 0. The summed E-state index contributed by atoms with van der Waals surface area (Å²) in [6, 6.07) is 57.6. The average Bonchev–Trinajstić information content (AvgIpc) is 1.57. The average molecular weight is 1270 g/mol. The zero-order valence-electron chi connectivity index (χ0n) is 55.1. The summed E-state index contributed by atoms with van der Waals surface area (Å²) in [7, 11) is 0. The highest BCUT2D eigenvalue weighted by atomic mass is 16.6. The molecule has 18 nitrogen and oxygen atoms in total. The Morgan fingerprint density at radius 1 is 0.570 bits per heavy atom. The molecule has 0 radical (unpaired) electrons. The fraction of sp³-hybridized carbons (Fsp3) is 0.440. The highest BCUT2D eigenvalue weighted by Gasteiger charge is 2.62. The van der Waals surface area contributed by atoms with E-state index < -0.39 is 52.2 Å². The van der Waals surface area contributed by atoms with E-state index in [9.17, 15) is 19.2 Å². The van der Waals surface area contributed by atoms with Gasteiger partial charge in [0.1, 0.15) is 30.0 Å². The number of amides is 6. The molecule has 6 amide bonds. The molecule has 93 heavy (non-hydrogen) atoms. The number of carbonyl (C=O) groups excluding carboxylic acids is 6. The second-order valence-corrected chi connectivity index (χ2v) is 27.3. The lowest BCUT2D eigenvalue weighted by Gasteiger charge is -2.39. The minimum atomic E-state index is -1.09. The molecule has 2 aliphatic heterocycles. The lowest BCUT2D eigenvalue weighted by molar-refractivity contribution is -0.137. The number of nitrogens with one attached hydrogen (secondary N) is 6. The van der Waals surface area contributed by atoms with E-state index in [2.05, 4.69) is 80.4 Å². The summed E-state index contributed by atoms with van der Waals surface area (Å²) in [6.07, 6.45) is 1.23. The maximum absolute atomic E-state index is 15.2. The molecule has 2 saturated heterocycles. The van der Waals surface area contributed by atoms with E-state index in [1.54, 1.807) is 0 Å². The van der Waals surface area contributed by atoms with Gasteiger partial charge in [-0.3, -0.25) is 20.2 Å². The van der Waals surface area contributed by atoms with E-state index in [-0.39, 0.29) is 68.5 Å². The first-order chi connectivity index (χ1) is 44.6. The quantitative estimate of drug-likeness (QED) is 0.0221. The van der Waals surface area contributed by atoms with Crippen molar-refractivity contribution >= 4 is 36.2 Å². The summed E-state index contributed by atoms with van der Waals surface area (Å²) in [5.74, 6) is -0.517. The van der Waals surface area contributed by atoms with Crippen LogP contribution in [0.15, 0.2) is 176 Å². The third-order valence-electron chi connectivity index (χ3n) is 17.8. The molecule has 1 aliphatic carbocycles. The molecule has 6 aromatic rings. The largest absolute Gasteiger partial charge is 0.445 e. The van der Waals surface area contributed by atoms with Crippen LogP contribution in [0.25, 0.3) is 0 Å². The molecular weight excluding hydrogens is 1170 g/mol. The van der Waals surface area contributed by atoms with Crippen molar-refractivity contribution < 1.29 is 47.7 Å². The standard InChI is InChI=1S/C75H94N8O10/c1-71(2,3)92-69(88)78-48-62-38-43-82(66(85)75(80-62)47-61(75)37-42-77-68(87)91-52-55-27-15-9-16-28-55)50-64(59-34-21-12-22-35-59)60-36-23-29-56(45-60)46-72(4,5)93-70(89)79-53-73(6)40-44-83(49-63(57-30-17-10-18-31-57)58-32-19-11-20-33-58)65(84)74(7,81-73)39-24-41-76-67(86)90-51-54-25-13-8-14-26-54/h8-23,25-36,45,61-64,80-81H,24,37-44,46-53H2,1-7H3,(H,76,86)(H,77,87)(H,78,88)(H,79,89)/t61-,62?,64?,73?,74?,75?/m1/s1. The Bertz CT molecular complexity index is 3390. The smallest absolute Gasteiger partial charge is 0.407 e. The molecule has 18 heteroatoms. The third kappa shape index (κ3) is 19.9. The van der Waals surface area contributed by atoms with Crippen LogP contribution < -0.4 is 31.9 Å². The van der Waals surface area contributed by atoms with E-state index in [4.69, 9.17) is 18.9 Å². The van der Waals surface area contributed by atoms with Gasteiger partial charge in [0.2, 0.25) is 11.8 Å². The number of rotatable bonds is 26. The van der Waals surface area contributed by atoms with Crippen molar-refractivity contribution in [1.82, 2.24) is 41.7 Å². The molecule has 3 fully saturated rings. The van der Waals surface area contributed by atoms with Gasteiger partial charge in [-0.25, -0.2) is 19.2 Å². The predicted octanol–water partition coefficient (Wildman–Crippen LogP) is 11.5. The number of carbonyl (C=O) groups is 6. The number of hydrogen-bond acceptors (Lipinski definition) is 12. The van der Waals surface area contributed by atoms with Crippen LogP contribution in [-0.2, 0) is 48.2 Å². The Hall–Kier alpha value is -8.74. The molecule has 0 aromatic heterocycles. The number of nitrogens with zero attached hydrogens (tertiary/aromatic N) is 2. The van der Waals surface area contributed by atoms with Crippen molar-refractivity contribution in [3.05, 3.63) is 215 Å². The van der Waals surface area contributed by atoms with Crippen molar-refractivity contribution in [2.75, 3.05) is 52.4 Å². The summed E-state index contributed by atoms with van der Waals surface area (Å²) in [5.41, 5.74) is 2.49. The Balaban J connectivity index is 0.861. The van der Waals surface area contributed by atoms with Gasteiger partial charge in [0.25, 0.3) is 0 Å². The molecule has 9 rings (SSSR count). The highest BCUT2D eigenvalue weighted by molar-refractivity contribution is 5.91. The number of benzene rings is 6. The SMILES string of the molecule is CC1(CNC(=O)OC(C)(C)Cc2cccc(C(CN3CCC(CNC(=O)OC(C)(C)C)NC4(C[C@H]4CCNC(=O)OCc4ccccc4)C3=O)c3ccccc3)c2)CCN(CC(c2ccccc2)c2ccccc2)C(=O)C(C)(CCCNC(=O)OCc2ccccc2)N1. The normalized spacial score (nSPS) is 21.0. The van der Waals surface area contributed by atoms with Gasteiger partial charge in [0.05, 0.1) is 5.54 Å². The summed E-state index contributed by atoms with van der Waals surface area (Å²) in [5, 5.41) is 19.2. The van der Waals surface area contributed by atoms with Gasteiger partial charge in [0, 0.05) is 82.2 Å². The van der Waals surface area contributed by atoms with Gasteiger partial charge in [-0.2, -0.15) is 0 Å². The van der Waals surface area contributed by atoms with Crippen LogP contribution in [-0.4, -0.2) is 132 Å². The first-order valence-corrected chi connectivity index (χ1v) is 32.8. The topological polar surface area (TPSA) is 218 Å². The lowest BCUT2D eigenvalue weighted by Crippen LogP contribution is -2.63. The molecule has 6 atom stereocenters. The van der Waals surface area contributed by atoms with Crippen molar-refractivity contribution in [2.24, 2.45) is 5.92 Å². The van der Waals surface area contributed by atoms with Crippen LogP contribution in [0.1, 0.15) is 138 Å². The maximum Gasteiger partial charge on any atom is 0.407 e.